The number of carbonyl (C=O) groups is 1. The molecule has 0 saturated heterocycles. The Morgan fingerprint density at radius 1 is 1.29 bits per heavy atom. The van der Waals surface area contributed by atoms with Gasteiger partial charge in [0.25, 0.3) is 5.91 Å². The van der Waals surface area contributed by atoms with E-state index in [0.717, 1.165) is 46.9 Å². The van der Waals surface area contributed by atoms with Gasteiger partial charge < -0.3 is 14.5 Å². The summed E-state index contributed by atoms with van der Waals surface area (Å²) >= 11 is 1.65. The highest BCUT2D eigenvalue weighted by Crippen LogP contribution is 2.45. The summed E-state index contributed by atoms with van der Waals surface area (Å²) in [7, 11) is 0. The Bertz CT molecular complexity index is 1150. The van der Waals surface area contributed by atoms with Gasteiger partial charge in [0.05, 0.1) is 18.4 Å². The van der Waals surface area contributed by atoms with Crippen LogP contribution in [0.25, 0.3) is 0 Å². The minimum Gasteiger partial charge on any atom is -0.490 e. The minimum atomic E-state index is -0.0940. The Morgan fingerprint density at radius 3 is 2.76 bits per heavy atom. The van der Waals surface area contributed by atoms with E-state index in [9.17, 15) is 4.79 Å². The lowest BCUT2D eigenvalue weighted by atomic mass is 9.72. The van der Waals surface area contributed by atoms with Gasteiger partial charge in [-0.15, -0.1) is 11.3 Å². The molecule has 1 atom stereocenters. The van der Waals surface area contributed by atoms with Gasteiger partial charge in [0.1, 0.15) is 23.1 Å². The van der Waals surface area contributed by atoms with Crippen molar-refractivity contribution < 1.29 is 13.9 Å². The van der Waals surface area contributed by atoms with Crippen LogP contribution >= 0.6 is 11.3 Å². The normalized spacial score (nSPS) is 15.8. The van der Waals surface area contributed by atoms with Crippen LogP contribution < -0.4 is 10.1 Å². The molecule has 2 aromatic heterocycles. The van der Waals surface area contributed by atoms with E-state index < -0.39 is 0 Å². The first-order valence-electron chi connectivity index (χ1n) is 11.7. The van der Waals surface area contributed by atoms with Gasteiger partial charge in [-0.05, 0) is 78.1 Å². The number of rotatable bonds is 8. The summed E-state index contributed by atoms with van der Waals surface area (Å²) in [5, 5.41) is 3.79. The summed E-state index contributed by atoms with van der Waals surface area (Å²) in [5.41, 5.74) is 3.05. The maximum absolute atomic E-state index is 13.3. The van der Waals surface area contributed by atoms with E-state index in [1.807, 2.05) is 42.6 Å². The summed E-state index contributed by atoms with van der Waals surface area (Å²) in [6, 6.07) is 11.4. The van der Waals surface area contributed by atoms with Gasteiger partial charge in [0.2, 0.25) is 0 Å². The minimum absolute atomic E-state index is 0.0940. The molecule has 3 aromatic rings. The van der Waals surface area contributed by atoms with E-state index in [0.29, 0.717) is 24.6 Å². The van der Waals surface area contributed by atoms with Crippen LogP contribution in [0.3, 0.4) is 0 Å². The number of nitrogens with zero attached hydrogens (tertiary/aromatic N) is 1. The van der Waals surface area contributed by atoms with Crippen LogP contribution in [0.5, 0.6) is 5.75 Å². The van der Waals surface area contributed by atoms with E-state index in [1.54, 1.807) is 23.7 Å². The monoisotopic (exact) mass is 476 g/mol. The number of benzene rings is 1. The molecule has 1 aliphatic rings. The quantitative estimate of drug-likeness (QED) is 0.289. The Labute approximate surface area is 205 Å². The Kier molecular flexibility index (Phi) is 7.37. The molecule has 1 N–H and O–H groups in total. The van der Waals surface area contributed by atoms with E-state index >= 15 is 0 Å². The van der Waals surface area contributed by atoms with Crippen LogP contribution in [0.4, 0.5) is 5.00 Å². The standard InChI is InChI=1S/C28H32N2O3S/c1-5-14-32-21-11-8-19(9-12-21)17-30-27-25(26(31)29-18-22-7-6-15-33-22)23-13-10-20(28(2,3)4)16-24(23)34-27/h5-9,11-12,15,17,20H,1,10,13-14,16,18H2,2-4H3,(H,29,31)/t20-/m0/s1. The maximum Gasteiger partial charge on any atom is 0.255 e. The van der Waals surface area contributed by atoms with Gasteiger partial charge in [-0.1, -0.05) is 33.4 Å². The number of amides is 1. The van der Waals surface area contributed by atoms with Gasteiger partial charge in [-0.25, -0.2) is 4.99 Å². The summed E-state index contributed by atoms with van der Waals surface area (Å²) in [4.78, 5) is 19.3. The molecule has 5 nitrogen and oxygen atoms in total. The van der Waals surface area contributed by atoms with Crippen molar-refractivity contribution in [3.8, 4) is 5.75 Å². The van der Waals surface area contributed by atoms with Crippen LogP contribution in [0.2, 0.25) is 0 Å². The fraction of sp³-hybridized carbons (Fsp3) is 0.357. The molecule has 0 fully saturated rings. The van der Waals surface area contributed by atoms with Gasteiger partial charge in [-0.3, -0.25) is 4.79 Å². The molecule has 178 valence electrons. The van der Waals surface area contributed by atoms with Gasteiger partial charge in [0, 0.05) is 11.1 Å². The molecule has 0 aliphatic heterocycles. The molecule has 1 aliphatic carbocycles. The average Bonchev–Trinajstić information content (AvgIpc) is 3.47. The molecule has 0 spiro atoms. The fourth-order valence-corrected chi connectivity index (χ4v) is 5.51. The number of thiophene rings is 1. The van der Waals surface area contributed by atoms with Crippen LogP contribution in [0.1, 0.15) is 59.3 Å². The molecule has 1 amide bonds. The number of fused-ring (bicyclic) bond motifs is 1. The molecule has 0 unspecified atom stereocenters. The number of nitrogens with one attached hydrogen (secondary N) is 1. The predicted octanol–water partition coefficient (Wildman–Crippen LogP) is 6.74. The van der Waals surface area contributed by atoms with Crippen LogP contribution in [0, 0.1) is 11.3 Å². The molecule has 1 aromatic carbocycles. The van der Waals surface area contributed by atoms with Crippen molar-refractivity contribution in [1.29, 1.82) is 0 Å². The molecule has 0 radical (unpaired) electrons. The van der Waals surface area contributed by atoms with Crippen molar-refractivity contribution in [2.24, 2.45) is 16.3 Å². The zero-order valence-corrected chi connectivity index (χ0v) is 20.9. The third kappa shape index (κ3) is 5.68. The molecule has 2 heterocycles. The van der Waals surface area contributed by atoms with E-state index in [-0.39, 0.29) is 11.3 Å². The lowest BCUT2D eigenvalue weighted by molar-refractivity contribution is 0.0947. The summed E-state index contributed by atoms with van der Waals surface area (Å²) in [5.74, 6) is 2.02. The van der Waals surface area contributed by atoms with Gasteiger partial charge in [-0.2, -0.15) is 0 Å². The van der Waals surface area contributed by atoms with E-state index in [1.165, 1.54) is 4.88 Å². The number of hydrogen-bond donors (Lipinski definition) is 1. The first-order valence-corrected chi connectivity index (χ1v) is 12.5. The number of carbonyl (C=O) groups excluding carboxylic acids is 1. The molecule has 4 rings (SSSR count). The second-order valence-corrected chi connectivity index (χ2v) is 10.8. The summed E-state index contributed by atoms with van der Waals surface area (Å²) < 4.78 is 10.9. The molecular weight excluding hydrogens is 444 g/mol. The molecule has 6 heteroatoms. The second-order valence-electron chi connectivity index (χ2n) is 9.68. The number of furan rings is 1. The number of aliphatic imine (C=N–C) groups is 1. The SMILES string of the molecule is C=CCOc1ccc(C=Nc2sc3c(c2C(=O)NCc2ccco2)CC[C@H](C(C)(C)C)C3)cc1. The molecular formula is C28H32N2O3S. The van der Waals surface area contributed by atoms with Crippen LogP contribution in [-0.4, -0.2) is 18.7 Å². The smallest absolute Gasteiger partial charge is 0.255 e. The van der Waals surface area contributed by atoms with Crippen molar-refractivity contribution in [2.45, 2.75) is 46.6 Å². The molecule has 34 heavy (non-hydrogen) atoms. The van der Waals surface area contributed by atoms with Gasteiger partial charge >= 0.3 is 0 Å². The maximum atomic E-state index is 13.3. The van der Waals surface area contributed by atoms with Crippen LogP contribution in [-0.2, 0) is 19.4 Å². The largest absolute Gasteiger partial charge is 0.490 e. The number of hydrogen-bond acceptors (Lipinski definition) is 5. The van der Waals surface area contributed by atoms with Gasteiger partial charge in [0.15, 0.2) is 0 Å². The molecule has 0 saturated carbocycles. The zero-order chi connectivity index (χ0) is 24.1. The highest BCUT2D eigenvalue weighted by Gasteiger charge is 2.33. The predicted molar refractivity (Wildman–Crippen MR) is 139 cm³/mol. The lowest BCUT2D eigenvalue weighted by Gasteiger charge is -2.33. The third-order valence-electron chi connectivity index (χ3n) is 6.28. The first kappa shape index (κ1) is 24.0. The number of ether oxygens (including phenoxy) is 1. The highest BCUT2D eigenvalue weighted by atomic mass is 32.1. The van der Waals surface area contributed by atoms with Crippen LogP contribution in [0.15, 0.2) is 64.7 Å². The average molecular weight is 477 g/mol. The van der Waals surface area contributed by atoms with E-state index in [2.05, 4.69) is 32.7 Å². The Balaban J connectivity index is 1.59. The summed E-state index contributed by atoms with van der Waals surface area (Å²) in [6.07, 6.45) is 8.13. The van der Waals surface area contributed by atoms with E-state index in [4.69, 9.17) is 14.1 Å². The molecule has 0 bridgehead atoms. The van der Waals surface area contributed by atoms with Crippen molar-refractivity contribution in [1.82, 2.24) is 5.32 Å². The Hall–Kier alpha value is -3.12. The van der Waals surface area contributed by atoms with Crippen molar-refractivity contribution in [3.05, 3.63) is 82.6 Å². The topological polar surface area (TPSA) is 63.8 Å². The van der Waals surface area contributed by atoms with Crippen molar-refractivity contribution in [3.63, 3.8) is 0 Å². The summed E-state index contributed by atoms with van der Waals surface area (Å²) in [6.45, 7) is 11.4. The zero-order valence-electron chi connectivity index (χ0n) is 20.1. The highest BCUT2D eigenvalue weighted by molar-refractivity contribution is 7.16. The third-order valence-corrected chi connectivity index (χ3v) is 7.44. The lowest BCUT2D eigenvalue weighted by Crippen LogP contribution is -2.28. The van der Waals surface area contributed by atoms with Crippen molar-refractivity contribution >= 4 is 28.5 Å². The fourth-order valence-electron chi connectivity index (χ4n) is 4.24. The van der Waals surface area contributed by atoms with Crippen molar-refractivity contribution in [2.75, 3.05) is 6.61 Å². The first-order chi connectivity index (χ1) is 16.3. The Morgan fingerprint density at radius 2 is 2.09 bits per heavy atom. The second kappa shape index (κ2) is 10.4.